The predicted molar refractivity (Wildman–Crippen MR) is 48.3 cm³/mol. The van der Waals surface area contributed by atoms with Crippen molar-refractivity contribution in [1.29, 1.82) is 0 Å². The van der Waals surface area contributed by atoms with Crippen LogP contribution in [0.15, 0.2) is 43.0 Å². The molecule has 1 aromatic carbocycles. The molecule has 0 heterocycles. The van der Waals surface area contributed by atoms with E-state index in [0.29, 0.717) is 5.69 Å². The van der Waals surface area contributed by atoms with E-state index in [9.17, 15) is 4.79 Å². The van der Waals surface area contributed by atoms with Crippen molar-refractivity contribution in [3.8, 4) is 0 Å². The van der Waals surface area contributed by atoms with E-state index in [1.807, 2.05) is 18.2 Å². The summed E-state index contributed by atoms with van der Waals surface area (Å²) in [4.78, 5) is 11.0. The number of amides is 1. The summed E-state index contributed by atoms with van der Waals surface area (Å²) in [5.74, 6) is 5.14. The summed E-state index contributed by atoms with van der Waals surface area (Å²) in [6.07, 6.45) is 1.17. The first-order valence-electron chi connectivity index (χ1n) is 3.52. The maximum Gasteiger partial charge on any atom is 0.264 e. The number of benzene rings is 1. The monoisotopic (exact) mass is 162 g/mol. The molecule has 0 aliphatic rings. The molecule has 0 radical (unpaired) electrons. The Morgan fingerprint density at radius 3 is 2.50 bits per heavy atom. The number of anilines is 1. The van der Waals surface area contributed by atoms with Crippen LogP contribution in [-0.4, -0.2) is 5.91 Å². The molecule has 0 aliphatic heterocycles. The van der Waals surface area contributed by atoms with E-state index in [-0.39, 0.29) is 5.91 Å². The first-order valence-corrected chi connectivity index (χ1v) is 3.52. The van der Waals surface area contributed by atoms with Gasteiger partial charge in [0.05, 0.1) is 5.69 Å². The fraction of sp³-hybridized carbons (Fsp3) is 0. The molecular weight excluding hydrogens is 152 g/mol. The number of hydrogen-bond acceptors (Lipinski definition) is 2. The van der Waals surface area contributed by atoms with E-state index in [0.717, 1.165) is 5.01 Å². The van der Waals surface area contributed by atoms with Gasteiger partial charge in [-0.25, -0.2) is 10.9 Å². The molecule has 0 fully saturated rings. The van der Waals surface area contributed by atoms with E-state index in [1.165, 1.54) is 6.08 Å². The van der Waals surface area contributed by atoms with Crippen LogP contribution in [0, 0.1) is 0 Å². The number of rotatable bonds is 2. The summed E-state index contributed by atoms with van der Waals surface area (Å²) in [6.45, 7) is 3.34. The quantitative estimate of drug-likeness (QED) is 0.306. The highest BCUT2D eigenvalue weighted by Gasteiger charge is 2.05. The van der Waals surface area contributed by atoms with Gasteiger partial charge in [0, 0.05) is 0 Å². The van der Waals surface area contributed by atoms with Crippen molar-refractivity contribution in [2.45, 2.75) is 0 Å². The highest BCUT2D eigenvalue weighted by Crippen LogP contribution is 2.08. The van der Waals surface area contributed by atoms with Crippen LogP contribution in [0.3, 0.4) is 0 Å². The molecule has 0 aromatic heterocycles. The Hall–Kier alpha value is -1.61. The number of para-hydroxylation sites is 1. The molecule has 12 heavy (non-hydrogen) atoms. The average molecular weight is 162 g/mol. The Morgan fingerprint density at radius 1 is 1.42 bits per heavy atom. The van der Waals surface area contributed by atoms with Gasteiger partial charge in [-0.1, -0.05) is 24.8 Å². The second kappa shape index (κ2) is 3.69. The van der Waals surface area contributed by atoms with Crippen molar-refractivity contribution < 1.29 is 4.79 Å². The maximum atomic E-state index is 11.0. The molecular formula is C9H10N2O. The van der Waals surface area contributed by atoms with Crippen LogP contribution in [-0.2, 0) is 4.79 Å². The Labute approximate surface area is 71.1 Å². The fourth-order valence-corrected chi connectivity index (χ4v) is 0.814. The normalized spacial score (nSPS) is 9.08. The summed E-state index contributed by atoms with van der Waals surface area (Å²) in [7, 11) is 0. The van der Waals surface area contributed by atoms with Crippen LogP contribution in [0.1, 0.15) is 0 Å². The molecule has 1 amide bonds. The van der Waals surface area contributed by atoms with Gasteiger partial charge >= 0.3 is 0 Å². The van der Waals surface area contributed by atoms with E-state index < -0.39 is 0 Å². The SMILES string of the molecule is C=CC(=O)N(N)c1ccccc1. The molecule has 0 bridgehead atoms. The van der Waals surface area contributed by atoms with Crippen molar-refractivity contribution in [3.63, 3.8) is 0 Å². The molecule has 3 heteroatoms. The lowest BCUT2D eigenvalue weighted by Gasteiger charge is -2.13. The van der Waals surface area contributed by atoms with Gasteiger partial charge in [-0.05, 0) is 18.2 Å². The molecule has 0 saturated heterocycles. The third-order valence-electron chi connectivity index (χ3n) is 1.45. The minimum Gasteiger partial charge on any atom is -0.268 e. The van der Waals surface area contributed by atoms with Crippen molar-refractivity contribution in [1.82, 2.24) is 0 Å². The first-order chi connectivity index (χ1) is 5.75. The highest BCUT2D eigenvalue weighted by atomic mass is 16.2. The fourth-order valence-electron chi connectivity index (χ4n) is 0.814. The minimum absolute atomic E-state index is 0.318. The number of nitrogens with zero attached hydrogens (tertiary/aromatic N) is 1. The Bertz CT molecular complexity index is 282. The minimum atomic E-state index is -0.318. The Morgan fingerprint density at radius 2 is 2.00 bits per heavy atom. The summed E-state index contributed by atoms with van der Waals surface area (Å²) in [5.41, 5.74) is 0.655. The van der Waals surface area contributed by atoms with Crippen molar-refractivity contribution >= 4 is 11.6 Å². The third kappa shape index (κ3) is 1.71. The van der Waals surface area contributed by atoms with Crippen LogP contribution < -0.4 is 10.9 Å². The van der Waals surface area contributed by atoms with E-state index in [4.69, 9.17) is 5.84 Å². The molecule has 0 aliphatic carbocycles. The lowest BCUT2D eigenvalue weighted by atomic mass is 10.3. The maximum absolute atomic E-state index is 11.0. The summed E-state index contributed by atoms with van der Waals surface area (Å²) >= 11 is 0. The van der Waals surface area contributed by atoms with Gasteiger partial charge in [-0.2, -0.15) is 0 Å². The zero-order chi connectivity index (χ0) is 8.97. The second-order valence-corrected chi connectivity index (χ2v) is 2.25. The predicted octanol–water partition coefficient (Wildman–Crippen LogP) is 1.08. The van der Waals surface area contributed by atoms with Crippen molar-refractivity contribution in [2.75, 3.05) is 5.01 Å². The molecule has 0 atom stereocenters. The van der Waals surface area contributed by atoms with Gasteiger partial charge in [0.1, 0.15) is 0 Å². The molecule has 62 valence electrons. The van der Waals surface area contributed by atoms with E-state index in [1.54, 1.807) is 12.1 Å². The summed E-state index contributed by atoms with van der Waals surface area (Å²) < 4.78 is 0. The summed E-state index contributed by atoms with van der Waals surface area (Å²) in [6, 6.07) is 8.98. The Kier molecular flexibility index (Phi) is 2.61. The van der Waals surface area contributed by atoms with Gasteiger partial charge in [0.25, 0.3) is 5.91 Å². The molecule has 1 aromatic rings. The van der Waals surface area contributed by atoms with Gasteiger partial charge in [0.15, 0.2) is 0 Å². The number of carbonyl (C=O) groups is 1. The molecule has 3 nitrogen and oxygen atoms in total. The zero-order valence-corrected chi connectivity index (χ0v) is 6.60. The number of carbonyl (C=O) groups excluding carboxylic acids is 1. The standard InChI is InChI=1S/C9H10N2O/c1-2-9(12)11(10)8-6-4-3-5-7-8/h2-7H,1,10H2. The second-order valence-electron chi connectivity index (χ2n) is 2.25. The third-order valence-corrected chi connectivity index (χ3v) is 1.45. The Balaban J connectivity index is 2.85. The van der Waals surface area contributed by atoms with Crippen molar-refractivity contribution in [2.24, 2.45) is 5.84 Å². The zero-order valence-electron chi connectivity index (χ0n) is 6.60. The van der Waals surface area contributed by atoms with Gasteiger partial charge in [-0.15, -0.1) is 0 Å². The smallest absolute Gasteiger partial charge is 0.264 e. The lowest BCUT2D eigenvalue weighted by molar-refractivity contribution is -0.114. The lowest BCUT2D eigenvalue weighted by Crippen LogP contribution is -2.35. The van der Waals surface area contributed by atoms with Gasteiger partial charge in [0.2, 0.25) is 0 Å². The van der Waals surface area contributed by atoms with Crippen LogP contribution in [0.5, 0.6) is 0 Å². The van der Waals surface area contributed by atoms with E-state index in [2.05, 4.69) is 6.58 Å². The molecule has 0 saturated carbocycles. The molecule has 0 spiro atoms. The number of hydrazine groups is 1. The van der Waals surface area contributed by atoms with Crippen LogP contribution in [0.4, 0.5) is 5.69 Å². The van der Waals surface area contributed by atoms with Crippen molar-refractivity contribution in [3.05, 3.63) is 43.0 Å². The number of nitrogens with two attached hydrogens (primary N) is 1. The molecule has 0 unspecified atom stereocenters. The largest absolute Gasteiger partial charge is 0.268 e. The van der Waals surface area contributed by atoms with Crippen LogP contribution in [0.25, 0.3) is 0 Å². The molecule has 2 N–H and O–H groups in total. The number of hydrogen-bond donors (Lipinski definition) is 1. The van der Waals surface area contributed by atoms with Crippen LogP contribution >= 0.6 is 0 Å². The van der Waals surface area contributed by atoms with Gasteiger partial charge in [-0.3, -0.25) is 4.79 Å². The van der Waals surface area contributed by atoms with Crippen LogP contribution in [0.2, 0.25) is 0 Å². The highest BCUT2D eigenvalue weighted by molar-refractivity contribution is 5.99. The summed E-state index contributed by atoms with van der Waals surface area (Å²) in [5, 5.41) is 1.05. The van der Waals surface area contributed by atoms with E-state index >= 15 is 0 Å². The molecule has 1 rings (SSSR count). The van der Waals surface area contributed by atoms with Gasteiger partial charge < -0.3 is 0 Å². The topological polar surface area (TPSA) is 46.3 Å². The first kappa shape index (κ1) is 8.49. The average Bonchev–Trinajstić information content (AvgIpc) is 2.17.